The van der Waals surface area contributed by atoms with E-state index in [4.69, 9.17) is 1.37 Å². The molecule has 0 spiro atoms. The molecule has 0 amide bonds. The molecule has 0 atom stereocenters. The van der Waals surface area contributed by atoms with E-state index in [-0.39, 0.29) is 0 Å². The van der Waals surface area contributed by atoms with Crippen LogP contribution in [0.1, 0.15) is 47.8 Å². The summed E-state index contributed by atoms with van der Waals surface area (Å²) in [6.45, 7) is 6.43. The van der Waals surface area contributed by atoms with Gasteiger partial charge in [0.15, 0.2) is 0 Å². The van der Waals surface area contributed by atoms with Crippen LogP contribution in [0.2, 0.25) is 0 Å². The van der Waals surface area contributed by atoms with Gasteiger partial charge < -0.3 is 0 Å². The van der Waals surface area contributed by atoms with Gasteiger partial charge >= 0.3 is 0 Å². The van der Waals surface area contributed by atoms with Crippen LogP contribution in [0.15, 0.2) is 12.1 Å². The van der Waals surface area contributed by atoms with E-state index in [9.17, 15) is 0 Å². The van der Waals surface area contributed by atoms with Crippen LogP contribution < -0.4 is 0 Å². The van der Waals surface area contributed by atoms with Crippen molar-refractivity contribution >= 4 is 0 Å². The van der Waals surface area contributed by atoms with Gasteiger partial charge in [0.05, 0.1) is 1.37 Å². The topological polar surface area (TPSA) is 0 Å². The molecular weight excluding hydrogens is 120 g/mol. The van der Waals surface area contributed by atoms with Gasteiger partial charge in [-0.2, -0.15) is 0 Å². The van der Waals surface area contributed by atoms with Gasteiger partial charge in [0, 0.05) is 0 Å². The Kier molecular flexibility index (Phi) is 5.38. The molecule has 0 aromatic carbocycles. The van der Waals surface area contributed by atoms with Gasteiger partial charge in [-0.15, -0.1) is 0 Å². The molecule has 0 bridgehead atoms. The summed E-state index contributed by atoms with van der Waals surface area (Å²) in [5.41, 5.74) is 0. The maximum atomic E-state index is 7.54. The molecule has 0 rings (SSSR count). The molecule has 0 saturated carbocycles. The molecule has 0 N–H and O–H groups in total. The van der Waals surface area contributed by atoms with Crippen LogP contribution in [0.3, 0.4) is 0 Å². The van der Waals surface area contributed by atoms with Gasteiger partial charge in [0.1, 0.15) is 0 Å². The van der Waals surface area contributed by atoms with E-state index < -0.39 is 0 Å². The van der Waals surface area contributed by atoms with Gasteiger partial charge in [0.25, 0.3) is 0 Å². The summed E-state index contributed by atoms with van der Waals surface area (Å²) in [5, 5.41) is 0. The number of unbranched alkanes of at least 4 members (excludes halogenated alkanes) is 2. The smallest absolute Gasteiger partial charge is 0.0573 e. The maximum Gasteiger partial charge on any atom is 0.0573 e. The normalized spacial score (nSPS) is 14.0. The fourth-order valence-electron chi connectivity index (χ4n) is 0.796. The fraction of sp³-hybridized carbons (Fsp3) is 0.800. The molecule has 0 saturated heterocycles. The van der Waals surface area contributed by atoms with Crippen molar-refractivity contribution in [2.45, 2.75) is 46.5 Å². The van der Waals surface area contributed by atoms with Crippen molar-refractivity contribution in [1.82, 2.24) is 0 Å². The molecule has 10 heavy (non-hydrogen) atoms. The van der Waals surface area contributed by atoms with Gasteiger partial charge in [-0.3, -0.25) is 0 Å². The highest BCUT2D eigenvalue weighted by Crippen LogP contribution is 2.01. The van der Waals surface area contributed by atoms with E-state index >= 15 is 0 Å². The third-order valence-electron chi connectivity index (χ3n) is 1.38. The monoisotopic (exact) mass is 141 g/mol. The van der Waals surface area contributed by atoms with Crippen molar-refractivity contribution in [3.63, 3.8) is 0 Å². The van der Waals surface area contributed by atoms with Crippen molar-refractivity contribution in [2.75, 3.05) is 0 Å². The first-order valence-corrected chi connectivity index (χ1v) is 4.34. The van der Waals surface area contributed by atoms with E-state index in [1.807, 2.05) is 6.08 Å². The van der Waals surface area contributed by atoms with Crippen LogP contribution >= 0.6 is 0 Å². The number of rotatable bonds is 5. The summed E-state index contributed by atoms with van der Waals surface area (Å²) in [7, 11) is 0. The largest absolute Gasteiger partial charge is 0.0883 e. The van der Waals surface area contributed by atoms with Gasteiger partial charge in [-0.05, 0) is 18.8 Å². The predicted octanol–water partition coefficient (Wildman–Crippen LogP) is 3.78. The lowest BCUT2D eigenvalue weighted by Crippen LogP contribution is -1.77. The molecule has 0 aromatic heterocycles. The van der Waals surface area contributed by atoms with Crippen LogP contribution in [0.5, 0.6) is 0 Å². The van der Waals surface area contributed by atoms with Crippen LogP contribution in [-0.2, 0) is 0 Å². The van der Waals surface area contributed by atoms with E-state index in [1.165, 1.54) is 19.3 Å². The molecule has 0 aliphatic carbocycles. The standard InChI is InChI=1S/C10H20/c1-4-5-6-7-8-9-10(2)3/h8-10H,4-7H2,1-3H3/b9-8+/i8D. The van der Waals surface area contributed by atoms with E-state index in [1.54, 1.807) is 0 Å². The molecule has 0 radical (unpaired) electrons. The second kappa shape index (κ2) is 6.85. The summed E-state index contributed by atoms with van der Waals surface area (Å²) < 4.78 is 7.54. The highest BCUT2D eigenvalue weighted by atomic mass is 13.9. The zero-order valence-electron chi connectivity index (χ0n) is 8.48. The lowest BCUT2D eigenvalue weighted by atomic mass is 10.1. The van der Waals surface area contributed by atoms with Crippen LogP contribution in [0, 0.1) is 5.92 Å². The Bertz CT molecular complexity index is 114. The first kappa shape index (κ1) is 7.84. The van der Waals surface area contributed by atoms with E-state index in [2.05, 4.69) is 20.8 Å². The Balaban J connectivity index is 3.43. The number of hydrogen-bond donors (Lipinski definition) is 0. The summed E-state index contributed by atoms with van der Waals surface area (Å²) in [6.07, 6.45) is 6.68. The first-order chi connectivity index (χ1) is 5.16. The maximum absolute atomic E-state index is 7.54. The Hall–Kier alpha value is -0.260. The Morgan fingerprint density at radius 3 is 2.60 bits per heavy atom. The number of hydrogen-bond acceptors (Lipinski definition) is 0. The minimum atomic E-state index is 0.532. The Morgan fingerprint density at radius 2 is 2.10 bits per heavy atom. The molecular formula is C10H20. The van der Waals surface area contributed by atoms with Crippen molar-refractivity contribution in [2.24, 2.45) is 5.92 Å². The quantitative estimate of drug-likeness (QED) is 0.404. The zero-order chi connectivity index (χ0) is 8.69. The lowest BCUT2D eigenvalue weighted by molar-refractivity contribution is 0.723. The lowest BCUT2D eigenvalue weighted by Gasteiger charge is -1.94. The summed E-state index contributed by atoms with van der Waals surface area (Å²) in [6, 6.07) is 0.813. The predicted molar refractivity (Wildman–Crippen MR) is 48.1 cm³/mol. The highest BCUT2D eigenvalue weighted by Gasteiger charge is 1.83. The second-order valence-electron chi connectivity index (χ2n) is 3.07. The SMILES string of the molecule is [2H]/C(=C\C(C)C)CCCCC. The molecule has 0 nitrogen and oxygen atoms in total. The summed E-state index contributed by atoms with van der Waals surface area (Å²) >= 11 is 0. The molecule has 0 unspecified atom stereocenters. The third-order valence-corrected chi connectivity index (χ3v) is 1.38. The molecule has 0 aliphatic heterocycles. The van der Waals surface area contributed by atoms with Crippen LogP contribution in [-0.4, -0.2) is 0 Å². The minimum absolute atomic E-state index is 0.532. The molecule has 0 aliphatic rings. The number of allylic oxidation sites excluding steroid dienone is 2. The zero-order valence-corrected chi connectivity index (χ0v) is 7.48. The summed E-state index contributed by atoms with van der Waals surface area (Å²) in [4.78, 5) is 0. The van der Waals surface area contributed by atoms with Crippen molar-refractivity contribution < 1.29 is 1.37 Å². The van der Waals surface area contributed by atoms with Crippen LogP contribution in [0.4, 0.5) is 0 Å². The fourth-order valence-corrected chi connectivity index (χ4v) is 0.796. The Morgan fingerprint density at radius 1 is 1.40 bits per heavy atom. The van der Waals surface area contributed by atoms with Gasteiger partial charge in [0.2, 0.25) is 0 Å². The average Bonchev–Trinajstić information content (AvgIpc) is 1.86. The molecule has 0 aromatic rings. The first-order valence-electron chi connectivity index (χ1n) is 4.84. The minimum Gasteiger partial charge on any atom is -0.0883 e. The van der Waals surface area contributed by atoms with Crippen molar-refractivity contribution in [3.8, 4) is 0 Å². The van der Waals surface area contributed by atoms with Crippen molar-refractivity contribution in [3.05, 3.63) is 12.1 Å². The molecule has 0 heteroatoms. The summed E-state index contributed by atoms with van der Waals surface area (Å²) in [5.74, 6) is 0.532. The third kappa shape index (κ3) is 7.74. The van der Waals surface area contributed by atoms with E-state index in [0.29, 0.717) is 5.92 Å². The van der Waals surface area contributed by atoms with E-state index in [0.717, 1.165) is 12.5 Å². The second-order valence-corrected chi connectivity index (χ2v) is 3.07. The van der Waals surface area contributed by atoms with Crippen molar-refractivity contribution in [1.29, 1.82) is 0 Å². The molecule has 0 heterocycles. The van der Waals surface area contributed by atoms with Gasteiger partial charge in [-0.1, -0.05) is 45.7 Å². The molecule has 60 valence electrons. The van der Waals surface area contributed by atoms with Gasteiger partial charge in [-0.25, -0.2) is 0 Å². The average molecular weight is 141 g/mol. The van der Waals surface area contributed by atoms with Crippen LogP contribution in [0.25, 0.3) is 0 Å². The molecule has 0 fully saturated rings. The Labute approximate surface area is 66.7 Å². The highest BCUT2D eigenvalue weighted by molar-refractivity contribution is 4.83.